The monoisotopic (exact) mass is 343 g/mol. The summed E-state index contributed by atoms with van der Waals surface area (Å²) in [6.45, 7) is 0.235. The van der Waals surface area contributed by atoms with Crippen molar-refractivity contribution in [3.05, 3.63) is 64.7 Å². The quantitative estimate of drug-likeness (QED) is 0.478. The standard InChI is InChI=1S/C18H18ClN3O2/c19-16-7-2-1-4-14(16)11-24-22-17(20)13-5-3-6-15(10-13)21-18(23)12-8-9-12/h1-7,10,12H,8-9,11H2,(H2,20,22)(H,21,23). The van der Waals surface area contributed by atoms with E-state index in [1.165, 1.54) is 0 Å². The number of hydrogen-bond acceptors (Lipinski definition) is 3. The first-order chi connectivity index (χ1) is 11.6. The highest BCUT2D eigenvalue weighted by molar-refractivity contribution is 6.31. The molecule has 1 fully saturated rings. The predicted octanol–water partition coefficient (Wildman–Crippen LogP) is 3.53. The normalized spacial score (nSPS) is 14.3. The third kappa shape index (κ3) is 4.26. The molecule has 3 N–H and O–H groups in total. The van der Waals surface area contributed by atoms with Gasteiger partial charge in [-0.25, -0.2) is 0 Å². The molecule has 0 bridgehead atoms. The van der Waals surface area contributed by atoms with Gasteiger partial charge in [0.2, 0.25) is 5.91 Å². The molecule has 0 unspecified atom stereocenters. The van der Waals surface area contributed by atoms with Crippen LogP contribution in [0.5, 0.6) is 0 Å². The van der Waals surface area contributed by atoms with E-state index in [0.29, 0.717) is 16.3 Å². The maximum Gasteiger partial charge on any atom is 0.227 e. The number of halogens is 1. The fraction of sp³-hybridized carbons (Fsp3) is 0.222. The van der Waals surface area contributed by atoms with Gasteiger partial charge in [0.15, 0.2) is 5.84 Å². The molecule has 0 radical (unpaired) electrons. The highest BCUT2D eigenvalue weighted by Crippen LogP contribution is 2.30. The Bertz CT molecular complexity index is 772. The lowest BCUT2D eigenvalue weighted by Gasteiger charge is -2.07. The minimum atomic E-state index is 0.0534. The van der Waals surface area contributed by atoms with Crippen LogP contribution in [0, 0.1) is 5.92 Å². The van der Waals surface area contributed by atoms with E-state index in [9.17, 15) is 4.79 Å². The highest BCUT2D eigenvalue weighted by Gasteiger charge is 2.29. The summed E-state index contributed by atoms with van der Waals surface area (Å²) in [5, 5.41) is 7.42. The number of benzene rings is 2. The van der Waals surface area contributed by atoms with Gasteiger partial charge in [-0.3, -0.25) is 4.79 Å². The minimum Gasteiger partial charge on any atom is -0.389 e. The first-order valence-electron chi connectivity index (χ1n) is 7.73. The van der Waals surface area contributed by atoms with Gasteiger partial charge in [-0.1, -0.05) is 47.1 Å². The fourth-order valence-electron chi connectivity index (χ4n) is 2.19. The molecule has 2 aromatic rings. The molecule has 0 heterocycles. The second-order valence-electron chi connectivity index (χ2n) is 5.69. The van der Waals surface area contributed by atoms with Gasteiger partial charge in [0.05, 0.1) is 0 Å². The van der Waals surface area contributed by atoms with E-state index in [0.717, 1.165) is 18.4 Å². The molecule has 0 atom stereocenters. The third-order valence-corrected chi connectivity index (χ3v) is 4.08. The predicted molar refractivity (Wildman–Crippen MR) is 94.8 cm³/mol. The zero-order chi connectivity index (χ0) is 16.9. The van der Waals surface area contributed by atoms with Crippen molar-refractivity contribution >= 4 is 29.0 Å². The van der Waals surface area contributed by atoms with Crippen molar-refractivity contribution < 1.29 is 9.63 Å². The van der Waals surface area contributed by atoms with Crippen LogP contribution in [-0.2, 0) is 16.2 Å². The number of amidine groups is 1. The van der Waals surface area contributed by atoms with Gasteiger partial charge in [-0.15, -0.1) is 0 Å². The van der Waals surface area contributed by atoms with E-state index < -0.39 is 0 Å². The van der Waals surface area contributed by atoms with Gasteiger partial charge in [-0.2, -0.15) is 0 Å². The maximum atomic E-state index is 11.8. The Morgan fingerprint density at radius 3 is 2.79 bits per heavy atom. The van der Waals surface area contributed by atoms with Crippen molar-refractivity contribution in [3.63, 3.8) is 0 Å². The van der Waals surface area contributed by atoms with Gasteiger partial charge in [0.1, 0.15) is 6.61 Å². The zero-order valence-corrected chi connectivity index (χ0v) is 13.8. The number of carbonyl (C=O) groups excluding carboxylic acids is 1. The fourth-order valence-corrected chi connectivity index (χ4v) is 2.38. The molecule has 0 aromatic heterocycles. The van der Waals surface area contributed by atoms with Crippen LogP contribution in [0.2, 0.25) is 5.02 Å². The summed E-state index contributed by atoms with van der Waals surface area (Å²) < 4.78 is 0. The summed E-state index contributed by atoms with van der Waals surface area (Å²) in [6, 6.07) is 14.6. The average Bonchev–Trinajstić information content (AvgIpc) is 3.42. The van der Waals surface area contributed by atoms with Gasteiger partial charge >= 0.3 is 0 Å². The van der Waals surface area contributed by atoms with Gasteiger partial charge < -0.3 is 15.9 Å². The van der Waals surface area contributed by atoms with Crippen molar-refractivity contribution in [2.75, 3.05) is 5.32 Å². The second kappa shape index (κ2) is 7.36. The molecule has 24 heavy (non-hydrogen) atoms. The van der Waals surface area contributed by atoms with E-state index >= 15 is 0 Å². The number of hydrogen-bond donors (Lipinski definition) is 2. The first kappa shape index (κ1) is 16.3. The second-order valence-corrected chi connectivity index (χ2v) is 6.09. The van der Waals surface area contributed by atoms with Crippen LogP contribution < -0.4 is 11.1 Å². The van der Waals surface area contributed by atoms with Crippen molar-refractivity contribution in [1.82, 2.24) is 0 Å². The molecule has 5 nitrogen and oxygen atoms in total. The third-order valence-electron chi connectivity index (χ3n) is 3.71. The van der Waals surface area contributed by atoms with E-state index in [4.69, 9.17) is 22.2 Å². The van der Waals surface area contributed by atoms with Gasteiger partial charge in [0, 0.05) is 27.8 Å². The van der Waals surface area contributed by atoms with Crippen LogP contribution in [0.15, 0.2) is 53.7 Å². The van der Waals surface area contributed by atoms with E-state index in [1.807, 2.05) is 36.4 Å². The first-order valence-corrected chi connectivity index (χ1v) is 8.11. The summed E-state index contributed by atoms with van der Waals surface area (Å²) in [5.41, 5.74) is 8.17. The molecule has 6 heteroatoms. The lowest BCUT2D eigenvalue weighted by atomic mass is 10.2. The maximum absolute atomic E-state index is 11.8. The van der Waals surface area contributed by atoms with Crippen molar-refractivity contribution in [2.24, 2.45) is 16.8 Å². The van der Waals surface area contributed by atoms with E-state index in [-0.39, 0.29) is 24.3 Å². The Labute approximate surface area is 145 Å². The Kier molecular flexibility index (Phi) is 5.01. The smallest absolute Gasteiger partial charge is 0.227 e. The molecule has 2 aromatic carbocycles. The van der Waals surface area contributed by atoms with E-state index in [2.05, 4.69) is 10.5 Å². The SMILES string of the molecule is N/C(=N\OCc1ccccc1Cl)c1cccc(NC(=O)C2CC2)c1. The number of oxime groups is 1. The number of carbonyl (C=O) groups is 1. The Morgan fingerprint density at radius 2 is 2.04 bits per heavy atom. The molecule has 124 valence electrons. The number of rotatable bonds is 6. The number of amides is 1. The van der Waals surface area contributed by atoms with Crippen molar-refractivity contribution in [2.45, 2.75) is 19.4 Å². The van der Waals surface area contributed by atoms with Crippen LogP contribution in [-0.4, -0.2) is 11.7 Å². The largest absolute Gasteiger partial charge is 0.389 e. The number of anilines is 1. The Morgan fingerprint density at radius 1 is 1.25 bits per heavy atom. The molecule has 1 amide bonds. The zero-order valence-electron chi connectivity index (χ0n) is 13.0. The molecule has 1 saturated carbocycles. The van der Waals surface area contributed by atoms with Gasteiger partial charge in [0.25, 0.3) is 0 Å². The van der Waals surface area contributed by atoms with E-state index in [1.54, 1.807) is 12.1 Å². The molecule has 0 spiro atoms. The summed E-state index contributed by atoms with van der Waals surface area (Å²) in [5.74, 6) is 0.445. The average molecular weight is 344 g/mol. The lowest BCUT2D eigenvalue weighted by molar-refractivity contribution is -0.117. The van der Waals surface area contributed by atoms with Crippen LogP contribution in [0.4, 0.5) is 5.69 Å². The lowest BCUT2D eigenvalue weighted by Crippen LogP contribution is -2.16. The molecule has 1 aliphatic carbocycles. The number of nitrogens with zero attached hydrogens (tertiary/aromatic N) is 1. The van der Waals surface area contributed by atoms with Crippen molar-refractivity contribution in [1.29, 1.82) is 0 Å². The molecule has 0 aliphatic heterocycles. The van der Waals surface area contributed by atoms with Crippen LogP contribution in [0.1, 0.15) is 24.0 Å². The van der Waals surface area contributed by atoms with Crippen LogP contribution in [0.25, 0.3) is 0 Å². The highest BCUT2D eigenvalue weighted by atomic mass is 35.5. The topological polar surface area (TPSA) is 76.7 Å². The molecular weight excluding hydrogens is 326 g/mol. The number of nitrogens with one attached hydrogen (secondary N) is 1. The number of nitrogens with two attached hydrogens (primary N) is 1. The Hall–Kier alpha value is -2.53. The molecule has 0 saturated heterocycles. The van der Waals surface area contributed by atoms with Crippen LogP contribution >= 0.6 is 11.6 Å². The molecule has 1 aliphatic rings. The van der Waals surface area contributed by atoms with Gasteiger partial charge in [-0.05, 0) is 31.0 Å². The molecule has 3 rings (SSSR count). The minimum absolute atomic E-state index is 0.0534. The van der Waals surface area contributed by atoms with Crippen molar-refractivity contribution in [3.8, 4) is 0 Å². The summed E-state index contributed by atoms with van der Waals surface area (Å²) in [7, 11) is 0. The summed E-state index contributed by atoms with van der Waals surface area (Å²) >= 11 is 6.06. The molecular formula is C18H18ClN3O2. The Balaban J connectivity index is 1.62. The van der Waals surface area contributed by atoms with Crippen LogP contribution in [0.3, 0.4) is 0 Å². The summed E-state index contributed by atoms with van der Waals surface area (Å²) in [4.78, 5) is 17.1. The summed E-state index contributed by atoms with van der Waals surface area (Å²) in [6.07, 6.45) is 1.93.